The van der Waals surface area contributed by atoms with Gasteiger partial charge in [-0.3, -0.25) is 4.79 Å². The number of anilines is 2. The molecule has 30 heavy (non-hydrogen) atoms. The van der Waals surface area contributed by atoms with E-state index in [1.807, 2.05) is 36.1 Å². The standard InChI is InChI=1S/C22H28N4O4/c1-4-23-22(28)26-13-11-25(12-14-26)17-7-5-16(6-8-17)24-21(27)19-10-9-18(29-2)15-20(19)30-3/h5-10,15H,4,11-14H2,1-3H3,(H,23,28)(H,24,27). The molecule has 1 heterocycles. The average molecular weight is 412 g/mol. The Balaban J connectivity index is 1.60. The molecule has 0 bridgehead atoms. The van der Waals surface area contributed by atoms with Crippen LogP contribution in [0.3, 0.4) is 0 Å². The molecular weight excluding hydrogens is 384 g/mol. The Morgan fingerprint density at radius 2 is 1.67 bits per heavy atom. The van der Waals surface area contributed by atoms with Crippen molar-refractivity contribution in [3.63, 3.8) is 0 Å². The predicted octanol–water partition coefficient (Wildman–Crippen LogP) is 2.81. The number of hydrogen-bond acceptors (Lipinski definition) is 5. The van der Waals surface area contributed by atoms with Crippen LogP contribution in [0.5, 0.6) is 11.5 Å². The van der Waals surface area contributed by atoms with Crippen LogP contribution in [-0.4, -0.2) is 63.8 Å². The van der Waals surface area contributed by atoms with E-state index in [2.05, 4.69) is 15.5 Å². The third-order valence-corrected chi connectivity index (χ3v) is 5.04. The third-order valence-electron chi connectivity index (χ3n) is 5.04. The molecule has 2 N–H and O–H groups in total. The summed E-state index contributed by atoms with van der Waals surface area (Å²) in [5.41, 5.74) is 2.19. The number of piperazine rings is 1. The van der Waals surface area contributed by atoms with E-state index in [9.17, 15) is 9.59 Å². The van der Waals surface area contributed by atoms with Gasteiger partial charge < -0.3 is 29.9 Å². The summed E-state index contributed by atoms with van der Waals surface area (Å²) in [6, 6.07) is 12.8. The molecule has 1 aliphatic heterocycles. The zero-order chi connectivity index (χ0) is 21.5. The number of carbonyl (C=O) groups is 2. The highest BCUT2D eigenvalue weighted by molar-refractivity contribution is 6.06. The van der Waals surface area contributed by atoms with Crippen molar-refractivity contribution in [3.05, 3.63) is 48.0 Å². The summed E-state index contributed by atoms with van der Waals surface area (Å²) in [5.74, 6) is 0.825. The van der Waals surface area contributed by atoms with E-state index >= 15 is 0 Å². The summed E-state index contributed by atoms with van der Waals surface area (Å²) in [7, 11) is 3.09. The average Bonchev–Trinajstić information content (AvgIpc) is 2.79. The number of ether oxygens (including phenoxy) is 2. The van der Waals surface area contributed by atoms with Crippen LogP contribution in [0.15, 0.2) is 42.5 Å². The van der Waals surface area contributed by atoms with Crippen molar-refractivity contribution in [1.29, 1.82) is 0 Å². The molecule has 0 aliphatic carbocycles. The Morgan fingerprint density at radius 3 is 2.27 bits per heavy atom. The van der Waals surface area contributed by atoms with Gasteiger partial charge in [0.05, 0.1) is 19.8 Å². The number of hydrogen-bond donors (Lipinski definition) is 2. The van der Waals surface area contributed by atoms with Crippen molar-refractivity contribution in [2.45, 2.75) is 6.92 Å². The van der Waals surface area contributed by atoms with Crippen molar-refractivity contribution in [2.75, 3.05) is 57.2 Å². The quantitative estimate of drug-likeness (QED) is 0.762. The third kappa shape index (κ3) is 4.94. The first-order valence-electron chi connectivity index (χ1n) is 9.97. The first-order valence-corrected chi connectivity index (χ1v) is 9.97. The van der Waals surface area contributed by atoms with Crippen molar-refractivity contribution in [1.82, 2.24) is 10.2 Å². The van der Waals surface area contributed by atoms with Gasteiger partial charge in [-0.25, -0.2) is 4.79 Å². The van der Waals surface area contributed by atoms with E-state index in [-0.39, 0.29) is 11.9 Å². The van der Waals surface area contributed by atoms with Crippen molar-refractivity contribution in [2.24, 2.45) is 0 Å². The van der Waals surface area contributed by atoms with Crippen LogP contribution < -0.4 is 25.0 Å². The molecule has 8 nitrogen and oxygen atoms in total. The Bertz CT molecular complexity index is 877. The molecule has 3 amide bonds. The molecule has 3 rings (SSSR count). The zero-order valence-corrected chi connectivity index (χ0v) is 17.6. The lowest BCUT2D eigenvalue weighted by molar-refractivity contribution is 0.102. The van der Waals surface area contributed by atoms with Gasteiger partial charge in [0.2, 0.25) is 0 Å². The van der Waals surface area contributed by atoms with Crippen LogP contribution in [0, 0.1) is 0 Å². The SMILES string of the molecule is CCNC(=O)N1CCN(c2ccc(NC(=O)c3ccc(OC)cc3OC)cc2)CC1. The van der Waals surface area contributed by atoms with Crippen LogP contribution in [-0.2, 0) is 0 Å². The second-order valence-electron chi connectivity index (χ2n) is 6.88. The Hall–Kier alpha value is -3.42. The maximum Gasteiger partial charge on any atom is 0.317 e. The molecule has 2 aromatic carbocycles. The number of amides is 3. The fourth-order valence-corrected chi connectivity index (χ4v) is 3.37. The molecule has 2 aromatic rings. The highest BCUT2D eigenvalue weighted by Gasteiger charge is 2.21. The van der Waals surface area contributed by atoms with E-state index < -0.39 is 0 Å². The molecule has 0 radical (unpaired) electrons. The molecular formula is C22H28N4O4. The van der Waals surface area contributed by atoms with E-state index in [0.717, 1.165) is 18.8 Å². The number of methoxy groups -OCH3 is 2. The normalized spacial score (nSPS) is 13.6. The second kappa shape index (κ2) is 9.87. The van der Waals surface area contributed by atoms with Gasteiger partial charge in [-0.2, -0.15) is 0 Å². The number of carbonyl (C=O) groups excluding carboxylic acids is 2. The van der Waals surface area contributed by atoms with Crippen molar-refractivity contribution < 1.29 is 19.1 Å². The first-order chi connectivity index (χ1) is 14.5. The summed E-state index contributed by atoms with van der Waals surface area (Å²) in [6.45, 7) is 5.45. The highest BCUT2D eigenvalue weighted by atomic mass is 16.5. The summed E-state index contributed by atoms with van der Waals surface area (Å²) in [4.78, 5) is 28.6. The minimum absolute atomic E-state index is 0.0100. The lowest BCUT2D eigenvalue weighted by Gasteiger charge is -2.36. The minimum Gasteiger partial charge on any atom is -0.497 e. The lowest BCUT2D eigenvalue weighted by atomic mass is 10.1. The van der Waals surface area contributed by atoms with Crippen molar-refractivity contribution >= 4 is 23.3 Å². The molecule has 8 heteroatoms. The number of benzene rings is 2. The number of nitrogens with one attached hydrogen (secondary N) is 2. The van der Waals surface area contributed by atoms with Gasteiger partial charge in [0.15, 0.2) is 0 Å². The molecule has 1 aliphatic rings. The minimum atomic E-state index is -0.252. The maximum atomic E-state index is 12.6. The van der Waals surface area contributed by atoms with Gasteiger partial charge >= 0.3 is 6.03 Å². The van der Waals surface area contributed by atoms with Gasteiger partial charge in [0.1, 0.15) is 11.5 Å². The Kier molecular flexibility index (Phi) is 7.00. The fraction of sp³-hybridized carbons (Fsp3) is 0.364. The number of nitrogens with zero attached hydrogens (tertiary/aromatic N) is 2. The van der Waals surface area contributed by atoms with E-state index in [4.69, 9.17) is 9.47 Å². The van der Waals surface area contributed by atoms with E-state index in [0.29, 0.717) is 42.4 Å². The number of rotatable bonds is 6. The van der Waals surface area contributed by atoms with Crippen LogP contribution in [0.2, 0.25) is 0 Å². The van der Waals surface area contributed by atoms with Gasteiger partial charge in [-0.05, 0) is 43.3 Å². The summed E-state index contributed by atoms with van der Waals surface area (Å²) in [6.07, 6.45) is 0. The van der Waals surface area contributed by atoms with Gasteiger partial charge in [-0.1, -0.05) is 0 Å². The fourth-order valence-electron chi connectivity index (χ4n) is 3.37. The highest BCUT2D eigenvalue weighted by Crippen LogP contribution is 2.26. The molecule has 1 fully saturated rings. The second-order valence-corrected chi connectivity index (χ2v) is 6.88. The first kappa shape index (κ1) is 21.3. The smallest absolute Gasteiger partial charge is 0.317 e. The van der Waals surface area contributed by atoms with Gasteiger partial charge in [0.25, 0.3) is 5.91 Å². The van der Waals surface area contributed by atoms with Crippen LogP contribution in [0.1, 0.15) is 17.3 Å². The van der Waals surface area contributed by atoms with E-state index in [1.165, 1.54) is 7.11 Å². The summed E-state index contributed by atoms with van der Waals surface area (Å²) >= 11 is 0. The predicted molar refractivity (Wildman–Crippen MR) is 117 cm³/mol. The van der Waals surface area contributed by atoms with Crippen LogP contribution in [0.25, 0.3) is 0 Å². The van der Waals surface area contributed by atoms with Crippen LogP contribution in [0.4, 0.5) is 16.2 Å². The molecule has 1 saturated heterocycles. The topological polar surface area (TPSA) is 83.1 Å². The zero-order valence-electron chi connectivity index (χ0n) is 17.6. The monoisotopic (exact) mass is 412 g/mol. The lowest BCUT2D eigenvalue weighted by Crippen LogP contribution is -2.51. The van der Waals surface area contributed by atoms with Gasteiger partial charge in [0, 0.05) is 50.2 Å². The summed E-state index contributed by atoms with van der Waals surface area (Å²) < 4.78 is 10.5. The van der Waals surface area contributed by atoms with E-state index in [1.54, 1.807) is 25.3 Å². The molecule has 0 spiro atoms. The maximum absolute atomic E-state index is 12.6. The molecule has 0 unspecified atom stereocenters. The Morgan fingerprint density at radius 1 is 0.967 bits per heavy atom. The molecule has 0 aromatic heterocycles. The molecule has 160 valence electrons. The number of urea groups is 1. The van der Waals surface area contributed by atoms with Gasteiger partial charge in [-0.15, -0.1) is 0 Å². The summed E-state index contributed by atoms with van der Waals surface area (Å²) in [5, 5.41) is 5.73. The Labute approximate surface area is 176 Å². The molecule has 0 atom stereocenters. The van der Waals surface area contributed by atoms with Crippen LogP contribution >= 0.6 is 0 Å². The largest absolute Gasteiger partial charge is 0.497 e. The molecule has 0 saturated carbocycles. The van der Waals surface area contributed by atoms with Crippen molar-refractivity contribution in [3.8, 4) is 11.5 Å².